The van der Waals surface area contributed by atoms with Gasteiger partial charge < -0.3 is 4.42 Å². The maximum Gasteiger partial charge on any atom is 0.227 e. The van der Waals surface area contributed by atoms with E-state index in [-0.39, 0.29) is 5.69 Å². The quantitative estimate of drug-likeness (QED) is 0.372. The minimum Gasteiger partial charge on any atom is -0.437 e. The zero-order chi connectivity index (χ0) is 20.9. The number of para-hydroxylation sites is 1. The zero-order valence-electron chi connectivity index (χ0n) is 17.7. The Morgan fingerprint density at radius 1 is 0.852 bits per heavy atom. The highest BCUT2D eigenvalue weighted by atomic mass is 16.3. The van der Waals surface area contributed by atoms with E-state index in [0.717, 1.165) is 33.2 Å². The van der Waals surface area contributed by atoms with Crippen LogP contribution in [0, 0.1) is 13.8 Å². The topological polar surface area (TPSA) is 38.9 Å². The highest BCUT2D eigenvalue weighted by Gasteiger charge is 2.13. The number of nitrogens with zero attached hydrogens (tertiary/aromatic N) is 2. The molecule has 3 nitrogen and oxygen atoms in total. The van der Waals surface area contributed by atoms with Gasteiger partial charge in [-0.1, -0.05) is 48.0 Å². The molecule has 5 rings (SSSR count). The fourth-order valence-corrected chi connectivity index (χ4v) is 3.35. The van der Waals surface area contributed by atoms with E-state index in [1.54, 1.807) is 6.07 Å². The van der Waals surface area contributed by atoms with Gasteiger partial charge in [-0.05, 0) is 43.6 Å². The first kappa shape index (κ1) is 12.8. The largest absolute Gasteiger partial charge is 0.437 e. The van der Waals surface area contributed by atoms with Gasteiger partial charge in [0.05, 0.1) is 5.69 Å². The van der Waals surface area contributed by atoms with E-state index in [1.165, 1.54) is 11.6 Å². The van der Waals surface area contributed by atoms with Gasteiger partial charge in [0, 0.05) is 37.9 Å². The molecule has 0 bridgehead atoms. The molecule has 0 saturated carbocycles. The third-order valence-corrected chi connectivity index (χ3v) is 4.79. The molecule has 0 unspecified atom stereocenters. The van der Waals surface area contributed by atoms with Crippen molar-refractivity contribution < 1.29 is 8.53 Å². The van der Waals surface area contributed by atoms with Gasteiger partial charge >= 0.3 is 0 Å². The molecule has 3 heteroatoms. The van der Waals surface area contributed by atoms with Crippen molar-refractivity contribution in [3.05, 3.63) is 84.2 Å². The molecule has 0 N–H and O–H groups in total. The van der Waals surface area contributed by atoms with Crippen molar-refractivity contribution in [1.29, 1.82) is 0 Å². The first-order chi connectivity index (χ1) is 14.4. The summed E-state index contributed by atoms with van der Waals surface area (Å²) in [5.41, 5.74) is 6.00. The molecule has 2 aromatic carbocycles. The minimum atomic E-state index is -2.27. The second kappa shape index (κ2) is 6.06. The van der Waals surface area contributed by atoms with Crippen LogP contribution in [0.4, 0.5) is 0 Å². The minimum absolute atomic E-state index is 0.0242. The van der Waals surface area contributed by atoms with Crippen LogP contribution in [0.25, 0.3) is 44.5 Å². The normalized spacial score (nSPS) is 13.4. The number of aromatic nitrogens is 2. The SMILES string of the molecule is [2H]C([2H])([2H])c1ccc2c(n1)oc1c(-c3ccc(-c4ccc(C)cc4)cn3)cccc12. The van der Waals surface area contributed by atoms with Crippen molar-refractivity contribution in [2.24, 2.45) is 0 Å². The van der Waals surface area contributed by atoms with E-state index in [4.69, 9.17) is 8.53 Å². The Morgan fingerprint density at radius 2 is 1.70 bits per heavy atom. The monoisotopic (exact) mass is 353 g/mol. The van der Waals surface area contributed by atoms with Crippen molar-refractivity contribution in [2.45, 2.75) is 13.8 Å². The lowest BCUT2D eigenvalue weighted by atomic mass is 10.0. The predicted molar refractivity (Wildman–Crippen MR) is 110 cm³/mol. The highest BCUT2D eigenvalue weighted by molar-refractivity contribution is 6.08. The fraction of sp³-hybridized carbons (Fsp3) is 0.0833. The summed E-state index contributed by atoms with van der Waals surface area (Å²) in [6.45, 7) is -0.210. The lowest BCUT2D eigenvalue weighted by Gasteiger charge is -2.05. The fourth-order valence-electron chi connectivity index (χ4n) is 3.35. The molecule has 0 saturated heterocycles. The van der Waals surface area contributed by atoms with E-state index in [1.807, 2.05) is 36.5 Å². The second-order valence-electron chi connectivity index (χ2n) is 6.63. The Balaban J connectivity index is 1.61. The van der Waals surface area contributed by atoms with Crippen molar-refractivity contribution in [2.75, 3.05) is 0 Å². The molecule has 0 aliphatic rings. The van der Waals surface area contributed by atoms with Crippen LogP contribution in [-0.2, 0) is 0 Å². The number of aryl methyl sites for hydroxylation is 2. The average Bonchev–Trinajstić information content (AvgIpc) is 3.12. The van der Waals surface area contributed by atoms with Gasteiger partial charge in [0.1, 0.15) is 5.58 Å². The summed E-state index contributed by atoms with van der Waals surface area (Å²) in [5, 5.41) is 1.67. The van der Waals surface area contributed by atoms with Crippen LogP contribution in [-0.4, -0.2) is 9.97 Å². The van der Waals surface area contributed by atoms with Crippen molar-refractivity contribution in [1.82, 2.24) is 9.97 Å². The lowest BCUT2D eigenvalue weighted by Crippen LogP contribution is -1.86. The standard InChI is InChI=1S/C24H18N2O/c1-15-6-9-17(10-7-15)18-11-13-22(25-14-18)21-5-3-4-19-20-12-8-16(2)26-24(20)27-23(19)21/h3-14H,1-2H3/i2D3. The molecule has 130 valence electrons. The second-order valence-corrected chi connectivity index (χ2v) is 6.63. The van der Waals surface area contributed by atoms with E-state index in [2.05, 4.69) is 41.2 Å². The van der Waals surface area contributed by atoms with Gasteiger partial charge in [-0.2, -0.15) is 0 Å². The van der Waals surface area contributed by atoms with Crippen LogP contribution < -0.4 is 0 Å². The van der Waals surface area contributed by atoms with Crippen LogP contribution in [0.2, 0.25) is 0 Å². The van der Waals surface area contributed by atoms with Crippen LogP contribution in [0.5, 0.6) is 0 Å². The van der Waals surface area contributed by atoms with Crippen molar-refractivity contribution >= 4 is 22.1 Å². The Morgan fingerprint density at radius 3 is 2.48 bits per heavy atom. The third-order valence-electron chi connectivity index (χ3n) is 4.79. The lowest BCUT2D eigenvalue weighted by molar-refractivity contribution is 0.653. The first-order valence-electron chi connectivity index (χ1n) is 10.3. The summed E-state index contributed by atoms with van der Waals surface area (Å²) in [7, 11) is 0. The maximum absolute atomic E-state index is 7.58. The van der Waals surface area contributed by atoms with E-state index in [0.29, 0.717) is 11.3 Å². The molecule has 0 spiro atoms. The molecule has 3 aromatic heterocycles. The first-order valence-corrected chi connectivity index (χ1v) is 8.76. The number of furan rings is 1. The number of benzene rings is 2. The van der Waals surface area contributed by atoms with Crippen molar-refractivity contribution in [3.8, 4) is 22.4 Å². The summed E-state index contributed by atoms with van der Waals surface area (Å²) < 4.78 is 28.7. The summed E-state index contributed by atoms with van der Waals surface area (Å²) in [6, 6.07) is 21.5. The molecule has 0 atom stereocenters. The summed E-state index contributed by atoms with van der Waals surface area (Å²) in [6.07, 6.45) is 1.85. The van der Waals surface area contributed by atoms with E-state index < -0.39 is 6.85 Å². The van der Waals surface area contributed by atoms with Gasteiger partial charge in [0.2, 0.25) is 5.71 Å². The molecule has 0 aliphatic heterocycles. The van der Waals surface area contributed by atoms with Gasteiger partial charge in [0.15, 0.2) is 0 Å². The van der Waals surface area contributed by atoms with Gasteiger partial charge in [0.25, 0.3) is 0 Å². The Kier molecular flexibility index (Phi) is 2.88. The van der Waals surface area contributed by atoms with Crippen LogP contribution in [0.15, 0.2) is 77.3 Å². The third kappa shape index (κ3) is 2.68. The zero-order valence-corrected chi connectivity index (χ0v) is 14.7. The Hall–Kier alpha value is -3.46. The van der Waals surface area contributed by atoms with E-state index >= 15 is 0 Å². The van der Waals surface area contributed by atoms with Crippen LogP contribution in [0.3, 0.4) is 0 Å². The number of fused-ring (bicyclic) bond motifs is 3. The van der Waals surface area contributed by atoms with Crippen molar-refractivity contribution in [3.63, 3.8) is 0 Å². The number of rotatable bonds is 2. The van der Waals surface area contributed by atoms with Crippen LogP contribution in [0.1, 0.15) is 15.4 Å². The summed E-state index contributed by atoms with van der Waals surface area (Å²) in [4.78, 5) is 8.88. The number of hydrogen-bond donors (Lipinski definition) is 0. The van der Waals surface area contributed by atoms with Crippen LogP contribution >= 0.6 is 0 Å². The summed E-state index contributed by atoms with van der Waals surface area (Å²) in [5.74, 6) is 0. The Bertz CT molecular complexity index is 1370. The van der Waals surface area contributed by atoms with E-state index in [9.17, 15) is 0 Å². The molecule has 5 aromatic rings. The molecular formula is C24H18N2O. The number of hydrogen-bond acceptors (Lipinski definition) is 3. The maximum atomic E-state index is 7.58. The van der Waals surface area contributed by atoms with Gasteiger partial charge in [-0.25, -0.2) is 4.98 Å². The highest BCUT2D eigenvalue weighted by Crippen LogP contribution is 2.34. The molecule has 0 aliphatic carbocycles. The molecule has 0 fully saturated rings. The molecular weight excluding hydrogens is 332 g/mol. The predicted octanol–water partition coefficient (Wildman–Crippen LogP) is 6.33. The number of pyridine rings is 2. The molecule has 27 heavy (non-hydrogen) atoms. The van der Waals surface area contributed by atoms with Gasteiger partial charge in [-0.15, -0.1) is 0 Å². The average molecular weight is 353 g/mol. The smallest absolute Gasteiger partial charge is 0.227 e. The molecule has 3 heterocycles. The summed E-state index contributed by atoms with van der Waals surface area (Å²) >= 11 is 0. The van der Waals surface area contributed by atoms with Gasteiger partial charge in [-0.3, -0.25) is 4.98 Å². The molecule has 0 amide bonds. The molecule has 0 radical (unpaired) electrons. The Labute approximate surface area is 161 Å².